The Kier molecular flexibility index (Phi) is 23.6. The van der Waals surface area contributed by atoms with Crippen LogP contribution in [0.1, 0.15) is 41.5 Å². The highest BCUT2D eigenvalue weighted by atomic mass is 16.3. The number of para-hydroxylation sites is 2. The molecule has 2 heteroatoms. The minimum Gasteiger partial charge on any atom is -0.504 e. The van der Waals surface area contributed by atoms with Crippen LogP contribution in [0.25, 0.3) is 0 Å². The minimum absolute atomic E-state index is 0.0764. The second-order valence-corrected chi connectivity index (χ2v) is 1.49. The minimum atomic E-state index is -0.0764. The van der Waals surface area contributed by atoms with Crippen LogP contribution < -0.4 is 0 Å². The van der Waals surface area contributed by atoms with Crippen molar-refractivity contribution < 1.29 is 10.2 Å². The number of hydrogen-bond donors (Lipinski definition) is 2. The van der Waals surface area contributed by atoms with E-state index in [2.05, 4.69) is 0 Å². The van der Waals surface area contributed by atoms with E-state index in [0.717, 1.165) is 0 Å². The summed E-state index contributed by atoms with van der Waals surface area (Å²) in [6.07, 6.45) is 0. The van der Waals surface area contributed by atoms with Gasteiger partial charge in [0.2, 0.25) is 0 Å². The maximum atomic E-state index is 8.67. The summed E-state index contributed by atoms with van der Waals surface area (Å²) in [6.45, 7) is 12.0. The van der Waals surface area contributed by atoms with Gasteiger partial charge in [-0.05, 0) is 12.1 Å². The molecule has 0 atom stereocenters. The molecule has 0 aliphatic rings. The zero-order valence-electron chi connectivity index (χ0n) is 10.2. The van der Waals surface area contributed by atoms with Crippen molar-refractivity contribution in [3.05, 3.63) is 24.3 Å². The lowest BCUT2D eigenvalue weighted by Crippen LogP contribution is -1.63. The molecule has 1 aromatic carbocycles. The topological polar surface area (TPSA) is 40.5 Å². The first-order chi connectivity index (χ1) is 6.80. The number of hydrogen-bond acceptors (Lipinski definition) is 2. The maximum Gasteiger partial charge on any atom is 0.157 e. The lowest BCUT2D eigenvalue weighted by molar-refractivity contribution is 0.404. The Bertz CT molecular complexity index is 164. The molecule has 0 aromatic heterocycles. The van der Waals surface area contributed by atoms with Gasteiger partial charge in [0.25, 0.3) is 0 Å². The van der Waals surface area contributed by atoms with E-state index in [4.69, 9.17) is 10.2 Å². The first-order valence-electron chi connectivity index (χ1n) is 5.27. The van der Waals surface area contributed by atoms with Crippen LogP contribution in [0.4, 0.5) is 0 Å². The van der Waals surface area contributed by atoms with Gasteiger partial charge in [-0.1, -0.05) is 53.7 Å². The predicted octanol–water partition coefficient (Wildman–Crippen LogP) is 4.18. The monoisotopic (exact) mass is 200 g/mol. The number of rotatable bonds is 0. The quantitative estimate of drug-likeness (QED) is 0.617. The van der Waals surface area contributed by atoms with E-state index < -0.39 is 0 Å². The summed E-state index contributed by atoms with van der Waals surface area (Å²) in [5.41, 5.74) is 0. The zero-order chi connectivity index (χ0) is 12.0. The fourth-order valence-electron chi connectivity index (χ4n) is 0.464. The van der Waals surface area contributed by atoms with Gasteiger partial charge < -0.3 is 10.2 Å². The Hall–Kier alpha value is -1.18. The van der Waals surface area contributed by atoms with Crippen molar-refractivity contribution >= 4 is 0 Å². The van der Waals surface area contributed by atoms with Gasteiger partial charge in [-0.25, -0.2) is 0 Å². The van der Waals surface area contributed by atoms with Crippen LogP contribution in [0.15, 0.2) is 24.3 Å². The number of phenols is 2. The highest BCUT2D eigenvalue weighted by Crippen LogP contribution is 2.21. The van der Waals surface area contributed by atoms with Crippen LogP contribution in [-0.2, 0) is 0 Å². The molecular weight excluding hydrogens is 176 g/mol. The van der Waals surface area contributed by atoms with Gasteiger partial charge in [0.05, 0.1) is 0 Å². The van der Waals surface area contributed by atoms with Crippen molar-refractivity contribution in [1.82, 2.24) is 0 Å². The van der Waals surface area contributed by atoms with Crippen LogP contribution in [0.2, 0.25) is 0 Å². The maximum absolute atomic E-state index is 8.67. The van der Waals surface area contributed by atoms with E-state index in [1.807, 2.05) is 41.5 Å². The van der Waals surface area contributed by atoms with Crippen LogP contribution >= 0.6 is 0 Å². The highest BCUT2D eigenvalue weighted by Gasteiger charge is 1.90. The molecule has 0 heterocycles. The second kappa shape index (κ2) is 17.8. The molecule has 2 nitrogen and oxygen atoms in total. The average molecular weight is 200 g/mol. The zero-order valence-corrected chi connectivity index (χ0v) is 10.2. The Labute approximate surface area is 88.2 Å². The molecule has 0 radical (unpaired) electrons. The van der Waals surface area contributed by atoms with Crippen LogP contribution in [0.5, 0.6) is 11.5 Å². The molecule has 0 saturated carbocycles. The van der Waals surface area contributed by atoms with Gasteiger partial charge in [0.1, 0.15) is 0 Å². The molecule has 0 spiro atoms. The van der Waals surface area contributed by atoms with Crippen LogP contribution in [-0.4, -0.2) is 10.2 Å². The van der Waals surface area contributed by atoms with Crippen molar-refractivity contribution in [3.8, 4) is 11.5 Å². The van der Waals surface area contributed by atoms with Gasteiger partial charge in [-0.2, -0.15) is 0 Å². The van der Waals surface area contributed by atoms with E-state index in [0.29, 0.717) is 0 Å². The third kappa shape index (κ3) is 10.8. The molecule has 0 bridgehead atoms. The summed E-state index contributed by atoms with van der Waals surface area (Å²) >= 11 is 0. The first kappa shape index (κ1) is 18.6. The van der Waals surface area contributed by atoms with Crippen LogP contribution in [0, 0.1) is 0 Å². The highest BCUT2D eigenvalue weighted by molar-refractivity contribution is 5.36. The van der Waals surface area contributed by atoms with E-state index >= 15 is 0 Å². The normalized spacial score (nSPS) is 6.43. The predicted molar refractivity (Wildman–Crippen MR) is 63.8 cm³/mol. The second-order valence-electron chi connectivity index (χ2n) is 1.49. The van der Waals surface area contributed by atoms with Crippen molar-refractivity contribution in [2.24, 2.45) is 0 Å². The molecule has 1 aromatic rings. The van der Waals surface area contributed by atoms with Crippen molar-refractivity contribution in [3.63, 3.8) is 0 Å². The molecule has 0 saturated heterocycles. The summed E-state index contributed by atoms with van der Waals surface area (Å²) in [4.78, 5) is 0. The molecule has 0 amide bonds. The summed E-state index contributed by atoms with van der Waals surface area (Å²) in [5.74, 6) is -0.153. The first-order valence-corrected chi connectivity index (χ1v) is 5.27. The Morgan fingerprint density at radius 1 is 0.643 bits per heavy atom. The van der Waals surface area contributed by atoms with E-state index in [-0.39, 0.29) is 11.5 Å². The standard InChI is InChI=1S/C6H6O2.3C2H6/c7-5-3-1-2-4-6(5)8;3*1-2/h1-4,7-8H;3*1-2H3. The Balaban J connectivity index is -0.000000174. The summed E-state index contributed by atoms with van der Waals surface area (Å²) < 4.78 is 0. The number of aromatic hydroxyl groups is 2. The molecule has 0 unspecified atom stereocenters. The largest absolute Gasteiger partial charge is 0.504 e. The van der Waals surface area contributed by atoms with E-state index in [1.165, 1.54) is 12.1 Å². The number of benzene rings is 1. The molecular formula is C12H24O2. The summed E-state index contributed by atoms with van der Waals surface area (Å²) in [6, 6.07) is 6.15. The van der Waals surface area contributed by atoms with Crippen molar-refractivity contribution in [2.75, 3.05) is 0 Å². The van der Waals surface area contributed by atoms with Crippen molar-refractivity contribution in [2.45, 2.75) is 41.5 Å². The third-order valence-electron chi connectivity index (χ3n) is 0.882. The fraction of sp³-hybridized carbons (Fsp3) is 0.500. The summed E-state index contributed by atoms with van der Waals surface area (Å²) in [5, 5.41) is 17.3. The lowest BCUT2D eigenvalue weighted by Gasteiger charge is -1.91. The van der Waals surface area contributed by atoms with Gasteiger partial charge in [0.15, 0.2) is 11.5 Å². The molecule has 0 aliphatic heterocycles. The molecule has 0 aliphatic carbocycles. The van der Waals surface area contributed by atoms with Gasteiger partial charge >= 0.3 is 0 Å². The third-order valence-corrected chi connectivity index (χ3v) is 0.882. The smallest absolute Gasteiger partial charge is 0.157 e. The van der Waals surface area contributed by atoms with Gasteiger partial charge in [0, 0.05) is 0 Å². The van der Waals surface area contributed by atoms with Gasteiger partial charge in [-0.3, -0.25) is 0 Å². The molecule has 2 N–H and O–H groups in total. The molecule has 84 valence electrons. The fourth-order valence-corrected chi connectivity index (χ4v) is 0.464. The van der Waals surface area contributed by atoms with Gasteiger partial charge in [-0.15, -0.1) is 0 Å². The van der Waals surface area contributed by atoms with E-state index in [9.17, 15) is 0 Å². The molecule has 0 fully saturated rings. The SMILES string of the molecule is CC.CC.CC.Oc1ccccc1O. The Morgan fingerprint density at radius 2 is 0.857 bits per heavy atom. The Morgan fingerprint density at radius 3 is 1.00 bits per heavy atom. The summed E-state index contributed by atoms with van der Waals surface area (Å²) in [7, 11) is 0. The van der Waals surface area contributed by atoms with Crippen molar-refractivity contribution in [1.29, 1.82) is 0 Å². The van der Waals surface area contributed by atoms with Crippen LogP contribution in [0.3, 0.4) is 0 Å². The lowest BCUT2D eigenvalue weighted by atomic mass is 10.3. The van der Waals surface area contributed by atoms with E-state index in [1.54, 1.807) is 12.1 Å². The average Bonchev–Trinajstić information content (AvgIpc) is 2.31. The number of phenolic OH excluding ortho intramolecular Hbond substituents is 2. The molecule has 14 heavy (non-hydrogen) atoms. The molecule has 1 rings (SSSR count).